The normalized spacial score (nSPS) is 15.5. The second-order valence-electron chi connectivity index (χ2n) is 6.92. The van der Waals surface area contributed by atoms with Gasteiger partial charge in [0.05, 0.1) is 6.54 Å². The Morgan fingerprint density at radius 2 is 1.81 bits per heavy atom. The van der Waals surface area contributed by atoms with Crippen molar-refractivity contribution >= 4 is 23.1 Å². The van der Waals surface area contributed by atoms with Crippen molar-refractivity contribution in [2.45, 2.75) is 52.1 Å². The Balaban J connectivity index is 1.52. The number of aliphatic imine (C=N–C) groups is 1. The number of pyridine rings is 1. The fraction of sp³-hybridized carbons (Fsp3) is 0.524. The van der Waals surface area contributed by atoms with Crippen LogP contribution in [-0.2, 0) is 19.5 Å². The molecular weight excluding hydrogens is 354 g/mol. The number of thiophene rings is 1. The Hall–Kier alpha value is -2.08. The Morgan fingerprint density at radius 1 is 1.07 bits per heavy atom. The summed E-state index contributed by atoms with van der Waals surface area (Å²) in [5, 5.41) is 6.82. The lowest BCUT2D eigenvalue weighted by Crippen LogP contribution is -2.36. The second-order valence-corrected chi connectivity index (χ2v) is 8.18. The zero-order valence-electron chi connectivity index (χ0n) is 16.5. The van der Waals surface area contributed by atoms with Gasteiger partial charge in [0, 0.05) is 42.6 Å². The molecule has 1 fully saturated rings. The molecule has 146 valence electrons. The number of hydrogen-bond acceptors (Lipinski definition) is 4. The molecule has 0 saturated carbocycles. The van der Waals surface area contributed by atoms with Gasteiger partial charge in [-0.2, -0.15) is 0 Å². The highest BCUT2D eigenvalue weighted by atomic mass is 32.1. The molecule has 2 aromatic heterocycles. The minimum atomic E-state index is 0.744. The van der Waals surface area contributed by atoms with E-state index in [0.717, 1.165) is 44.4 Å². The maximum absolute atomic E-state index is 4.59. The number of anilines is 1. The van der Waals surface area contributed by atoms with E-state index in [9.17, 15) is 0 Å². The molecule has 2 aromatic rings. The number of guanidine groups is 1. The largest absolute Gasteiger partial charge is 0.357 e. The summed E-state index contributed by atoms with van der Waals surface area (Å²) in [7, 11) is 1.82. The highest BCUT2D eigenvalue weighted by molar-refractivity contribution is 7.11. The van der Waals surface area contributed by atoms with Gasteiger partial charge in [-0.1, -0.05) is 19.8 Å². The first-order valence-electron chi connectivity index (χ1n) is 10.0. The first-order chi connectivity index (χ1) is 13.3. The summed E-state index contributed by atoms with van der Waals surface area (Å²) in [4.78, 5) is 14.1. The number of rotatable bonds is 6. The van der Waals surface area contributed by atoms with Gasteiger partial charge < -0.3 is 15.5 Å². The van der Waals surface area contributed by atoms with Gasteiger partial charge in [-0.25, -0.2) is 4.98 Å². The summed E-state index contributed by atoms with van der Waals surface area (Å²) in [6.45, 7) is 5.98. The number of nitrogens with one attached hydrogen (secondary N) is 2. The van der Waals surface area contributed by atoms with Crippen LogP contribution in [0.2, 0.25) is 0 Å². The van der Waals surface area contributed by atoms with E-state index in [4.69, 9.17) is 0 Å². The maximum atomic E-state index is 4.59. The van der Waals surface area contributed by atoms with E-state index in [1.54, 1.807) is 0 Å². The van der Waals surface area contributed by atoms with Crippen LogP contribution in [0.3, 0.4) is 0 Å². The van der Waals surface area contributed by atoms with Gasteiger partial charge in [-0.15, -0.1) is 11.3 Å². The highest BCUT2D eigenvalue weighted by Gasteiger charge is 2.11. The van der Waals surface area contributed by atoms with E-state index < -0.39 is 0 Å². The number of hydrogen-bond donors (Lipinski definition) is 2. The lowest BCUT2D eigenvalue weighted by molar-refractivity contribution is 0.726. The first kappa shape index (κ1) is 19.7. The Bertz CT molecular complexity index is 732. The van der Waals surface area contributed by atoms with Crippen LogP contribution in [0, 0.1) is 0 Å². The fourth-order valence-corrected chi connectivity index (χ4v) is 4.23. The van der Waals surface area contributed by atoms with E-state index in [-0.39, 0.29) is 0 Å². The molecule has 1 saturated heterocycles. The van der Waals surface area contributed by atoms with E-state index in [1.807, 2.05) is 24.6 Å². The van der Waals surface area contributed by atoms with E-state index in [1.165, 1.54) is 41.0 Å². The summed E-state index contributed by atoms with van der Waals surface area (Å²) in [5.41, 5.74) is 1.23. The minimum absolute atomic E-state index is 0.744. The van der Waals surface area contributed by atoms with Crippen LogP contribution < -0.4 is 15.5 Å². The molecule has 6 heteroatoms. The molecule has 0 radical (unpaired) electrons. The van der Waals surface area contributed by atoms with Gasteiger partial charge >= 0.3 is 0 Å². The summed E-state index contributed by atoms with van der Waals surface area (Å²) in [6, 6.07) is 8.69. The van der Waals surface area contributed by atoms with Crippen LogP contribution in [0.5, 0.6) is 0 Å². The summed E-state index contributed by atoms with van der Waals surface area (Å²) in [6.07, 6.45) is 8.23. The second kappa shape index (κ2) is 10.3. The van der Waals surface area contributed by atoms with Gasteiger partial charge in [-0.05, 0) is 49.1 Å². The lowest BCUT2D eigenvalue weighted by Gasteiger charge is -2.22. The molecule has 1 aliphatic rings. The van der Waals surface area contributed by atoms with E-state index >= 15 is 0 Å². The molecule has 0 atom stereocenters. The van der Waals surface area contributed by atoms with Crippen molar-refractivity contribution in [1.82, 2.24) is 15.6 Å². The SMILES string of the molecule is CCc1ccc(CNC(=NC)NCc2ccnc(N3CCCCCC3)c2)s1. The van der Waals surface area contributed by atoms with Crippen molar-refractivity contribution in [2.24, 2.45) is 4.99 Å². The molecule has 0 bridgehead atoms. The average molecular weight is 386 g/mol. The van der Waals surface area contributed by atoms with Crippen molar-refractivity contribution in [1.29, 1.82) is 0 Å². The molecule has 1 aliphatic heterocycles. The quantitative estimate of drug-likeness (QED) is 0.584. The molecule has 0 unspecified atom stereocenters. The summed E-state index contributed by atoms with van der Waals surface area (Å²) < 4.78 is 0. The zero-order chi connectivity index (χ0) is 18.9. The van der Waals surface area contributed by atoms with Crippen LogP contribution in [0.1, 0.15) is 47.9 Å². The smallest absolute Gasteiger partial charge is 0.191 e. The lowest BCUT2D eigenvalue weighted by atomic mass is 10.2. The van der Waals surface area contributed by atoms with Crippen molar-refractivity contribution in [2.75, 3.05) is 25.0 Å². The molecule has 27 heavy (non-hydrogen) atoms. The predicted molar refractivity (Wildman–Crippen MR) is 116 cm³/mol. The molecule has 0 aliphatic carbocycles. The Kier molecular flexibility index (Phi) is 7.51. The number of aryl methyl sites for hydroxylation is 1. The van der Waals surface area contributed by atoms with Gasteiger partial charge in [0.2, 0.25) is 0 Å². The van der Waals surface area contributed by atoms with E-state index in [0.29, 0.717) is 0 Å². The van der Waals surface area contributed by atoms with Gasteiger partial charge in [0.25, 0.3) is 0 Å². The highest BCUT2D eigenvalue weighted by Crippen LogP contribution is 2.18. The molecule has 2 N–H and O–H groups in total. The summed E-state index contributed by atoms with van der Waals surface area (Å²) >= 11 is 1.86. The van der Waals surface area contributed by atoms with Gasteiger partial charge in [0.15, 0.2) is 5.96 Å². The van der Waals surface area contributed by atoms with Crippen molar-refractivity contribution < 1.29 is 0 Å². The predicted octanol–water partition coefficient (Wildman–Crippen LogP) is 3.95. The molecule has 0 amide bonds. The molecule has 3 rings (SSSR count). The average Bonchev–Trinajstić information content (AvgIpc) is 3.00. The monoisotopic (exact) mass is 385 g/mol. The fourth-order valence-electron chi connectivity index (χ4n) is 3.33. The molecule has 0 spiro atoms. The third kappa shape index (κ3) is 5.96. The maximum Gasteiger partial charge on any atom is 0.191 e. The molecule has 3 heterocycles. The molecule has 0 aromatic carbocycles. The van der Waals surface area contributed by atoms with Crippen LogP contribution in [0.15, 0.2) is 35.5 Å². The number of nitrogens with zero attached hydrogens (tertiary/aromatic N) is 3. The first-order valence-corrected chi connectivity index (χ1v) is 10.8. The van der Waals surface area contributed by atoms with Crippen LogP contribution >= 0.6 is 11.3 Å². The van der Waals surface area contributed by atoms with Gasteiger partial charge in [0.1, 0.15) is 5.82 Å². The molecular formula is C21H31N5S. The number of aromatic nitrogens is 1. The van der Waals surface area contributed by atoms with Crippen LogP contribution in [0.25, 0.3) is 0 Å². The minimum Gasteiger partial charge on any atom is -0.357 e. The topological polar surface area (TPSA) is 52.6 Å². The van der Waals surface area contributed by atoms with Crippen molar-refractivity contribution in [3.8, 4) is 0 Å². The summed E-state index contributed by atoms with van der Waals surface area (Å²) in [5.74, 6) is 1.93. The third-order valence-corrected chi connectivity index (χ3v) is 6.15. The zero-order valence-corrected chi connectivity index (χ0v) is 17.3. The van der Waals surface area contributed by atoms with Crippen LogP contribution in [0.4, 0.5) is 5.82 Å². The molecule has 5 nitrogen and oxygen atoms in total. The Labute approximate surface area is 166 Å². The van der Waals surface area contributed by atoms with Crippen molar-refractivity contribution in [3.05, 3.63) is 45.8 Å². The standard InChI is InChI=1S/C21H31N5S/c1-3-18-8-9-19(27-18)16-25-21(22-2)24-15-17-10-11-23-20(14-17)26-12-6-4-5-7-13-26/h8-11,14H,3-7,12-13,15-16H2,1-2H3,(H2,22,24,25). The van der Waals surface area contributed by atoms with Gasteiger partial charge in [-0.3, -0.25) is 4.99 Å². The van der Waals surface area contributed by atoms with E-state index in [2.05, 4.69) is 56.7 Å². The Morgan fingerprint density at radius 3 is 2.52 bits per heavy atom. The van der Waals surface area contributed by atoms with Crippen molar-refractivity contribution in [3.63, 3.8) is 0 Å². The third-order valence-electron chi connectivity index (χ3n) is 4.92. The van der Waals surface area contributed by atoms with Crippen LogP contribution in [-0.4, -0.2) is 31.1 Å².